The lowest BCUT2D eigenvalue weighted by Gasteiger charge is -2.13. The highest BCUT2D eigenvalue weighted by Gasteiger charge is 2.25. The molecule has 0 saturated carbocycles. The van der Waals surface area contributed by atoms with Crippen molar-refractivity contribution in [2.75, 3.05) is 13.7 Å². The SMILES string of the molecule is COCC(NS(=O)(=O)c1cccc(C#N)c1)C(=O)O. The van der Waals surface area contributed by atoms with E-state index in [0.717, 1.165) is 6.07 Å². The average Bonchev–Trinajstić information content (AvgIpc) is 2.38. The van der Waals surface area contributed by atoms with E-state index < -0.39 is 22.0 Å². The van der Waals surface area contributed by atoms with Crippen LogP contribution in [0.3, 0.4) is 0 Å². The first kappa shape index (κ1) is 15.1. The molecule has 1 aromatic rings. The van der Waals surface area contributed by atoms with Gasteiger partial charge < -0.3 is 9.84 Å². The van der Waals surface area contributed by atoms with Gasteiger partial charge in [-0.3, -0.25) is 4.79 Å². The second kappa shape index (κ2) is 6.29. The van der Waals surface area contributed by atoms with Crippen molar-refractivity contribution in [3.63, 3.8) is 0 Å². The van der Waals surface area contributed by atoms with Gasteiger partial charge in [0.05, 0.1) is 23.1 Å². The fourth-order valence-corrected chi connectivity index (χ4v) is 2.53. The van der Waals surface area contributed by atoms with Crippen LogP contribution in [0.5, 0.6) is 0 Å². The van der Waals surface area contributed by atoms with Gasteiger partial charge in [0.2, 0.25) is 10.0 Å². The molecule has 0 radical (unpaired) electrons. The quantitative estimate of drug-likeness (QED) is 0.755. The molecule has 19 heavy (non-hydrogen) atoms. The van der Waals surface area contributed by atoms with Crippen LogP contribution in [0.15, 0.2) is 29.2 Å². The van der Waals surface area contributed by atoms with E-state index in [1.807, 2.05) is 10.8 Å². The molecule has 0 spiro atoms. The summed E-state index contributed by atoms with van der Waals surface area (Å²) in [5.41, 5.74) is 0.168. The topological polar surface area (TPSA) is 116 Å². The van der Waals surface area contributed by atoms with Gasteiger partial charge in [-0.15, -0.1) is 0 Å². The van der Waals surface area contributed by atoms with Crippen molar-refractivity contribution in [3.8, 4) is 6.07 Å². The number of aliphatic carboxylic acids is 1. The Bertz CT molecular complexity index is 606. The number of ether oxygens (including phenoxy) is 1. The van der Waals surface area contributed by atoms with Crippen LogP contribution < -0.4 is 4.72 Å². The van der Waals surface area contributed by atoms with Crippen molar-refractivity contribution in [1.29, 1.82) is 5.26 Å². The Hall–Kier alpha value is -1.95. The molecule has 1 unspecified atom stereocenters. The Balaban J connectivity index is 3.03. The summed E-state index contributed by atoms with van der Waals surface area (Å²) in [6.45, 7) is -0.299. The summed E-state index contributed by atoms with van der Waals surface area (Å²) in [5.74, 6) is -1.35. The minimum atomic E-state index is -4.02. The predicted octanol–water partition coefficient (Wildman–Crippen LogP) is -0.0638. The van der Waals surface area contributed by atoms with Gasteiger partial charge in [0.15, 0.2) is 0 Å². The van der Waals surface area contributed by atoms with Gasteiger partial charge in [-0.2, -0.15) is 9.98 Å². The maximum atomic E-state index is 12.0. The molecule has 102 valence electrons. The third-order valence-corrected chi connectivity index (χ3v) is 3.67. The molecule has 7 nitrogen and oxygen atoms in total. The first-order chi connectivity index (χ1) is 8.90. The molecule has 0 amide bonds. The number of hydrogen-bond donors (Lipinski definition) is 2. The summed E-state index contributed by atoms with van der Waals surface area (Å²) < 4.78 is 30.5. The first-order valence-electron chi connectivity index (χ1n) is 5.15. The van der Waals surface area contributed by atoms with Gasteiger partial charge in [-0.05, 0) is 18.2 Å². The van der Waals surface area contributed by atoms with E-state index >= 15 is 0 Å². The first-order valence-corrected chi connectivity index (χ1v) is 6.63. The highest BCUT2D eigenvalue weighted by Crippen LogP contribution is 2.11. The largest absolute Gasteiger partial charge is 0.480 e. The monoisotopic (exact) mass is 284 g/mol. The van der Waals surface area contributed by atoms with Gasteiger partial charge in [-0.1, -0.05) is 6.07 Å². The van der Waals surface area contributed by atoms with Gasteiger partial charge in [0.1, 0.15) is 6.04 Å². The third-order valence-electron chi connectivity index (χ3n) is 2.20. The van der Waals surface area contributed by atoms with Crippen LogP contribution in [0, 0.1) is 11.3 Å². The number of nitrogens with zero attached hydrogens (tertiary/aromatic N) is 1. The maximum absolute atomic E-state index is 12.0. The van der Waals surface area contributed by atoms with Crippen molar-refractivity contribution in [3.05, 3.63) is 29.8 Å². The van der Waals surface area contributed by atoms with E-state index in [4.69, 9.17) is 10.4 Å². The Morgan fingerprint density at radius 1 is 1.58 bits per heavy atom. The molecular formula is C11H12N2O5S. The predicted molar refractivity (Wildman–Crippen MR) is 64.8 cm³/mol. The Morgan fingerprint density at radius 3 is 2.79 bits per heavy atom. The van der Waals surface area contributed by atoms with Gasteiger partial charge >= 0.3 is 5.97 Å². The van der Waals surface area contributed by atoms with Crippen LogP contribution >= 0.6 is 0 Å². The smallest absolute Gasteiger partial charge is 0.324 e. The van der Waals surface area contributed by atoms with Crippen molar-refractivity contribution < 1.29 is 23.1 Å². The van der Waals surface area contributed by atoms with Crippen molar-refractivity contribution in [2.45, 2.75) is 10.9 Å². The Kier molecular flexibility index (Phi) is 5.00. The number of methoxy groups -OCH3 is 1. The van der Waals surface area contributed by atoms with Gasteiger partial charge in [0.25, 0.3) is 0 Å². The van der Waals surface area contributed by atoms with Gasteiger partial charge in [0, 0.05) is 7.11 Å². The average molecular weight is 284 g/mol. The van der Waals surface area contributed by atoms with Gasteiger partial charge in [-0.25, -0.2) is 8.42 Å². The molecule has 0 heterocycles. The van der Waals surface area contributed by atoms with Crippen molar-refractivity contribution >= 4 is 16.0 Å². The molecule has 0 bridgehead atoms. The van der Waals surface area contributed by atoms with Crippen LogP contribution in [-0.2, 0) is 19.6 Å². The number of benzene rings is 1. The molecule has 1 aromatic carbocycles. The second-order valence-corrected chi connectivity index (χ2v) is 5.32. The number of sulfonamides is 1. The number of carboxylic acids is 1. The highest BCUT2D eigenvalue weighted by atomic mass is 32.2. The zero-order valence-electron chi connectivity index (χ0n) is 10.0. The summed E-state index contributed by atoms with van der Waals surface area (Å²) in [6, 6.07) is 5.70. The fraction of sp³-hybridized carbons (Fsp3) is 0.273. The lowest BCUT2D eigenvalue weighted by atomic mass is 10.2. The Labute approximate surface area is 110 Å². The molecule has 0 aliphatic heterocycles. The molecule has 0 saturated heterocycles. The minimum absolute atomic E-state index is 0.168. The zero-order chi connectivity index (χ0) is 14.5. The highest BCUT2D eigenvalue weighted by molar-refractivity contribution is 7.89. The molecule has 8 heteroatoms. The summed E-state index contributed by atoms with van der Waals surface area (Å²) in [6.07, 6.45) is 0. The number of nitrogens with one attached hydrogen (secondary N) is 1. The zero-order valence-corrected chi connectivity index (χ0v) is 10.8. The van der Waals surface area contributed by atoms with Crippen LogP contribution in [-0.4, -0.2) is 39.3 Å². The second-order valence-electron chi connectivity index (χ2n) is 3.61. The van der Waals surface area contributed by atoms with Crippen LogP contribution in [0.1, 0.15) is 5.56 Å². The van der Waals surface area contributed by atoms with E-state index in [0.29, 0.717) is 0 Å². The lowest BCUT2D eigenvalue weighted by molar-refractivity contribution is -0.140. The number of carbonyl (C=O) groups is 1. The number of nitriles is 1. The number of rotatable bonds is 6. The van der Waals surface area contributed by atoms with E-state index in [1.54, 1.807) is 0 Å². The standard InChI is InChI=1S/C11H12N2O5S/c1-18-7-10(11(14)15)13-19(16,17)9-4-2-3-8(5-9)6-12/h2-5,10,13H,7H2,1H3,(H,14,15). The third kappa shape index (κ3) is 4.03. The summed E-state index contributed by atoms with van der Waals surface area (Å²) in [4.78, 5) is 10.7. The Morgan fingerprint density at radius 2 is 2.26 bits per heavy atom. The maximum Gasteiger partial charge on any atom is 0.324 e. The molecule has 1 rings (SSSR count). The van der Waals surface area contributed by atoms with E-state index in [-0.39, 0.29) is 17.1 Å². The normalized spacial score (nSPS) is 12.6. The molecule has 2 N–H and O–H groups in total. The lowest BCUT2D eigenvalue weighted by Crippen LogP contribution is -2.43. The van der Waals surface area contributed by atoms with Crippen LogP contribution in [0.4, 0.5) is 0 Å². The molecule has 0 fully saturated rings. The van der Waals surface area contributed by atoms with Crippen molar-refractivity contribution in [1.82, 2.24) is 4.72 Å². The van der Waals surface area contributed by atoms with E-state index in [1.165, 1.54) is 25.3 Å². The van der Waals surface area contributed by atoms with E-state index in [2.05, 4.69) is 4.74 Å². The molecule has 0 aliphatic rings. The number of carboxylic acid groups (broad SMARTS) is 1. The molecule has 0 aromatic heterocycles. The molecular weight excluding hydrogens is 272 g/mol. The molecule has 0 aliphatic carbocycles. The van der Waals surface area contributed by atoms with Crippen LogP contribution in [0.2, 0.25) is 0 Å². The van der Waals surface area contributed by atoms with E-state index in [9.17, 15) is 13.2 Å². The van der Waals surface area contributed by atoms with Crippen molar-refractivity contribution in [2.24, 2.45) is 0 Å². The fourth-order valence-electron chi connectivity index (χ4n) is 1.31. The van der Waals surface area contributed by atoms with Crippen LogP contribution in [0.25, 0.3) is 0 Å². The minimum Gasteiger partial charge on any atom is -0.480 e. The summed E-state index contributed by atoms with van der Waals surface area (Å²) in [7, 11) is -2.76. The molecule has 1 atom stereocenters. The number of hydrogen-bond acceptors (Lipinski definition) is 5. The summed E-state index contributed by atoms with van der Waals surface area (Å²) >= 11 is 0. The summed E-state index contributed by atoms with van der Waals surface area (Å²) in [5, 5.41) is 17.6.